The minimum Gasteiger partial charge on any atom is -0.303 e. The van der Waals surface area contributed by atoms with Crippen molar-refractivity contribution in [2.75, 3.05) is 39.5 Å². The van der Waals surface area contributed by atoms with Gasteiger partial charge < -0.3 is 4.90 Å². The lowest BCUT2D eigenvalue weighted by Gasteiger charge is -2.36. The first kappa shape index (κ1) is 16.5. The fourth-order valence-electron chi connectivity index (χ4n) is 2.90. The van der Waals surface area contributed by atoms with Crippen LogP contribution in [0.4, 0.5) is 0 Å². The number of nitrogens with zero attached hydrogens (tertiary/aromatic N) is 2. The number of carbonyl (C=O) groups is 1. The molecule has 0 N–H and O–H groups in total. The number of rotatable bonds is 6. The zero-order valence-electron chi connectivity index (χ0n) is 13.3. The number of ketones is 1. The number of thioether (sulfide) groups is 1. The largest absolute Gasteiger partial charge is 0.303 e. The van der Waals surface area contributed by atoms with E-state index >= 15 is 0 Å². The van der Waals surface area contributed by atoms with Crippen molar-refractivity contribution in [1.82, 2.24) is 9.80 Å². The molecule has 2 rings (SSSR count). The standard InChI is InChI=1S/C17H26N2OS/c1-4-19-11-9-15(10-12-19)18(2)13-17(20)14-5-7-16(21-3)8-6-14/h5-8,15H,4,9-13H2,1-3H3. The number of carbonyl (C=O) groups excluding carboxylic acids is 1. The maximum Gasteiger partial charge on any atom is 0.176 e. The Morgan fingerprint density at radius 2 is 1.90 bits per heavy atom. The van der Waals surface area contributed by atoms with Crippen molar-refractivity contribution in [2.45, 2.75) is 30.7 Å². The molecule has 116 valence electrons. The van der Waals surface area contributed by atoms with Gasteiger partial charge in [-0.25, -0.2) is 0 Å². The Kier molecular flexibility index (Phi) is 6.27. The van der Waals surface area contributed by atoms with E-state index in [0.29, 0.717) is 12.6 Å². The minimum atomic E-state index is 0.225. The van der Waals surface area contributed by atoms with Gasteiger partial charge in [0.05, 0.1) is 6.54 Å². The van der Waals surface area contributed by atoms with Crippen molar-refractivity contribution < 1.29 is 4.79 Å². The Labute approximate surface area is 132 Å². The molecule has 0 amide bonds. The third kappa shape index (κ3) is 4.56. The van der Waals surface area contributed by atoms with Gasteiger partial charge in [0, 0.05) is 16.5 Å². The zero-order valence-corrected chi connectivity index (χ0v) is 14.2. The van der Waals surface area contributed by atoms with E-state index in [1.807, 2.05) is 30.5 Å². The van der Waals surface area contributed by atoms with Crippen LogP contribution < -0.4 is 0 Å². The van der Waals surface area contributed by atoms with E-state index in [0.717, 1.165) is 25.2 Å². The van der Waals surface area contributed by atoms with Gasteiger partial charge in [-0.3, -0.25) is 9.69 Å². The Bertz CT molecular complexity index is 452. The van der Waals surface area contributed by atoms with Crippen LogP contribution in [0.1, 0.15) is 30.1 Å². The molecule has 3 nitrogen and oxygen atoms in total. The van der Waals surface area contributed by atoms with Gasteiger partial charge in [0.15, 0.2) is 5.78 Å². The summed E-state index contributed by atoms with van der Waals surface area (Å²) < 4.78 is 0. The number of likely N-dealkylation sites (N-methyl/N-ethyl adjacent to an activating group) is 1. The summed E-state index contributed by atoms with van der Waals surface area (Å²) in [6.45, 7) is 6.18. The molecule has 4 heteroatoms. The average molecular weight is 306 g/mol. The molecule has 1 heterocycles. The topological polar surface area (TPSA) is 23.6 Å². The van der Waals surface area contributed by atoms with E-state index in [-0.39, 0.29) is 5.78 Å². The van der Waals surface area contributed by atoms with Crippen molar-refractivity contribution in [2.24, 2.45) is 0 Å². The molecule has 0 unspecified atom stereocenters. The summed E-state index contributed by atoms with van der Waals surface area (Å²) in [6.07, 6.45) is 4.39. The maximum absolute atomic E-state index is 12.4. The molecule has 1 aliphatic rings. The SMILES string of the molecule is CCN1CCC(N(C)CC(=O)c2ccc(SC)cc2)CC1. The minimum absolute atomic E-state index is 0.225. The van der Waals surface area contributed by atoms with Gasteiger partial charge in [-0.1, -0.05) is 19.1 Å². The molecule has 1 aromatic rings. The Morgan fingerprint density at radius 3 is 2.43 bits per heavy atom. The Morgan fingerprint density at radius 1 is 1.29 bits per heavy atom. The second-order valence-corrected chi connectivity index (χ2v) is 6.61. The van der Waals surface area contributed by atoms with Crippen LogP contribution in [-0.4, -0.2) is 61.1 Å². The number of hydrogen-bond acceptors (Lipinski definition) is 4. The van der Waals surface area contributed by atoms with Crippen LogP contribution in [0.15, 0.2) is 29.2 Å². The van der Waals surface area contributed by atoms with Gasteiger partial charge in [0.25, 0.3) is 0 Å². The van der Waals surface area contributed by atoms with Crippen molar-refractivity contribution in [1.29, 1.82) is 0 Å². The number of likely N-dealkylation sites (tertiary alicyclic amines) is 1. The average Bonchev–Trinajstić information content (AvgIpc) is 2.55. The van der Waals surface area contributed by atoms with Crippen LogP contribution in [0.2, 0.25) is 0 Å². The van der Waals surface area contributed by atoms with Gasteiger partial charge in [0.2, 0.25) is 0 Å². The third-order valence-electron chi connectivity index (χ3n) is 4.43. The molecule has 1 saturated heterocycles. The van der Waals surface area contributed by atoms with E-state index in [4.69, 9.17) is 0 Å². The summed E-state index contributed by atoms with van der Waals surface area (Å²) in [5.74, 6) is 0.225. The van der Waals surface area contributed by atoms with Crippen LogP contribution in [-0.2, 0) is 0 Å². The number of Topliss-reactive ketones (excluding diaryl/α,β-unsaturated/α-hetero) is 1. The van der Waals surface area contributed by atoms with Crippen molar-refractivity contribution in [3.63, 3.8) is 0 Å². The molecule has 0 radical (unpaired) electrons. The fraction of sp³-hybridized carbons (Fsp3) is 0.588. The van der Waals surface area contributed by atoms with E-state index in [9.17, 15) is 4.79 Å². The summed E-state index contributed by atoms with van der Waals surface area (Å²) in [6, 6.07) is 8.49. The smallest absolute Gasteiger partial charge is 0.176 e. The van der Waals surface area contributed by atoms with Gasteiger partial charge in [-0.05, 0) is 57.9 Å². The predicted molar refractivity (Wildman–Crippen MR) is 90.3 cm³/mol. The Balaban J connectivity index is 1.86. The molecule has 0 atom stereocenters. The number of benzene rings is 1. The predicted octanol–water partition coefficient (Wildman–Crippen LogP) is 3.01. The van der Waals surface area contributed by atoms with E-state index in [2.05, 4.69) is 23.8 Å². The van der Waals surface area contributed by atoms with Crippen molar-refractivity contribution in [3.8, 4) is 0 Å². The molecule has 0 aliphatic carbocycles. The highest BCUT2D eigenvalue weighted by Gasteiger charge is 2.23. The fourth-order valence-corrected chi connectivity index (χ4v) is 3.31. The van der Waals surface area contributed by atoms with Crippen LogP contribution in [0.3, 0.4) is 0 Å². The highest BCUT2D eigenvalue weighted by molar-refractivity contribution is 7.98. The van der Waals surface area contributed by atoms with Crippen molar-refractivity contribution >= 4 is 17.5 Å². The Hall–Kier alpha value is -0.840. The van der Waals surface area contributed by atoms with Crippen LogP contribution in [0.5, 0.6) is 0 Å². The lowest BCUT2D eigenvalue weighted by molar-refractivity contribution is 0.0858. The lowest BCUT2D eigenvalue weighted by Crippen LogP contribution is -2.44. The first-order chi connectivity index (χ1) is 10.1. The highest BCUT2D eigenvalue weighted by Crippen LogP contribution is 2.17. The molecule has 0 bridgehead atoms. The van der Waals surface area contributed by atoms with Gasteiger partial charge in [0.1, 0.15) is 0 Å². The molecule has 21 heavy (non-hydrogen) atoms. The molecule has 0 spiro atoms. The normalized spacial score (nSPS) is 17.3. The summed E-state index contributed by atoms with van der Waals surface area (Å²) in [4.78, 5) is 18.3. The highest BCUT2D eigenvalue weighted by atomic mass is 32.2. The van der Waals surface area contributed by atoms with Gasteiger partial charge in [-0.15, -0.1) is 11.8 Å². The second kappa shape index (κ2) is 7.97. The van der Waals surface area contributed by atoms with Gasteiger partial charge >= 0.3 is 0 Å². The first-order valence-corrected chi connectivity index (χ1v) is 8.96. The van der Waals surface area contributed by atoms with Crippen LogP contribution >= 0.6 is 11.8 Å². The maximum atomic E-state index is 12.4. The quantitative estimate of drug-likeness (QED) is 0.595. The molecule has 1 aliphatic heterocycles. The molecule has 1 fully saturated rings. The number of piperidine rings is 1. The second-order valence-electron chi connectivity index (χ2n) is 5.73. The summed E-state index contributed by atoms with van der Waals surface area (Å²) >= 11 is 1.70. The van der Waals surface area contributed by atoms with Crippen LogP contribution in [0, 0.1) is 0 Å². The summed E-state index contributed by atoms with van der Waals surface area (Å²) in [7, 11) is 2.08. The number of hydrogen-bond donors (Lipinski definition) is 0. The molecule has 0 aromatic heterocycles. The van der Waals surface area contributed by atoms with E-state index < -0.39 is 0 Å². The first-order valence-electron chi connectivity index (χ1n) is 7.74. The van der Waals surface area contributed by atoms with Crippen LogP contribution in [0.25, 0.3) is 0 Å². The molecular weight excluding hydrogens is 280 g/mol. The van der Waals surface area contributed by atoms with E-state index in [1.165, 1.54) is 17.7 Å². The molecule has 1 aromatic carbocycles. The van der Waals surface area contributed by atoms with E-state index in [1.54, 1.807) is 11.8 Å². The monoisotopic (exact) mass is 306 g/mol. The molecular formula is C17H26N2OS. The zero-order chi connectivity index (χ0) is 15.2. The van der Waals surface area contributed by atoms with Gasteiger partial charge in [-0.2, -0.15) is 0 Å². The third-order valence-corrected chi connectivity index (χ3v) is 5.18. The summed E-state index contributed by atoms with van der Waals surface area (Å²) in [5.41, 5.74) is 0.825. The summed E-state index contributed by atoms with van der Waals surface area (Å²) in [5, 5.41) is 0. The van der Waals surface area contributed by atoms with Crippen molar-refractivity contribution in [3.05, 3.63) is 29.8 Å². The lowest BCUT2D eigenvalue weighted by atomic mass is 10.0. The molecule has 0 saturated carbocycles.